The average molecular weight is 428 g/mol. The minimum atomic E-state index is -0.375. The van der Waals surface area contributed by atoms with Gasteiger partial charge in [-0.05, 0) is 55.4 Å². The fourth-order valence-electron chi connectivity index (χ4n) is 4.56. The van der Waals surface area contributed by atoms with Crippen LogP contribution in [-0.4, -0.2) is 35.4 Å². The molecule has 2 aromatic carbocycles. The van der Waals surface area contributed by atoms with Gasteiger partial charge < -0.3 is 9.80 Å². The van der Waals surface area contributed by atoms with Gasteiger partial charge >= 0.3 is 0 Å². The molecule has 0 aromatic heterocycles. The number of nitro groups is 1. The van der Waals surface area contributed by atoms with Crippen molar-refractivity contribution in [3.05, 3.63) is 68.7 Å². The highest BCUT2D eigenvalue weighted by Crippen LogP contribution is 2.38. The molecule has 0 saturated carbocycles. The number of benzene rings is 2. The zero-order valence-electron chi connectivity index (χ0n) is 17.1. The Hall–Kier alpha value is -2.60. The van der Waals surface area contributed by atoms with E-state index in [4.69, 9.17) is 11.6 Å². The van der Waals surface area contributed by atoms with Gasteiger partial charge in [-0.25, -0.2) is 0 Å². The first-order valence-electron chi connectivity index (χ1n) is 10.5. The highest BCUT2D eigenvalue weighted by atomic mass is 35.5. The van der Waals surface area contributed by atoms with Crippen LogP contribution in [-0.2, 0) is 0 Å². The molecule has 0 radical (unpaired) electrons. The van der Waals surface area contributed by atoms with E-state index in [2.05, 4.69) is 11.8 Å². The fraction of sp³-hybridized carbons (Fsp3) is 0.435. The van der Waals surface area contributed by atoms with Crippen molar-refractivity contribution in [3.8, 4) is 0 Å². The molecule has 2 aromatic rings. The second-order valence-corrected chi connectivity index (χ2v) is 8.72. The van der Waals surface area contributed by atoms with E-state index in [-0.39, 0.29) is 22.6 Å². The Kier molecular flexibility index (Phi) is 5.95. The summed E-state index contributed by atoms with van der Waals surface area (Å²) in [4.78, 5) is 28.6. The monoisotopic (exact) mass is 427 g/mol. The molecule has 2 aliphatic heterocycles. The van der Waals surface area contributed by atoms with Gasteiger partial charge in [0.2, 0.25) is 0 Å². The smallest absolute Gasteiger partial charge is 0.293 e. The number of piperidine rings is 1. The van der Waals surface area contributed by atoms with Crippen LogP contribution in [0.1, 0.15) is 54.6 Å². The van der Waals surface area contributed by atoms with Crippen LogP contribution in [0.25, 0.3) is 0 Å². The van der Waals surface area contributed by atoms with Crippen molar-refractivity contribution in [2.75, 3.05) is 24.5 Å². The van der Waals surface area contributed by atoms with Crippen LogP contribution < -0.4 is 4.90 Å². The molecule has 4 rings (SSSR count). The molecule has 2 aliphatic rings. The summed E-state index contributed by atoms with van der Waals surface area (Å²) in [5, 5.41) is 12.4. The average Bonchev–Trinajstić information content (AvgIpc) is 3.23. The van der Waals surface area contributed by atoms with Gasteiger partial charge in [0, 0.05) is 36.3 Å². The van der Waals surface area contributed by atoms with Crippen molar-refractivity contribution in [1.29, 1.82) is 0 Å². The number of amides is 1. The zero-order valence-corrected chi connectivity index (χ0v) is 17.8. The standard InChI is InChI=1S/C23H26ClN3O3/c1-16-10-13-25(14-11-16)21-9-8-17(15-22(21)27(29)30)23(28)26-12-4-7-20(26)18-5-2-3-6-19(18)24/h2-3,5-6,8-9,15-16,20H,4,7,10-14H2,1H3/t20-/m1/s1. The molecular weight excluding hydrogens is 402 g/mol. The third-order valence-electron chi connectivity index (χ3n) is 6.32. The predicted molar refractivity (Wildman–Crippen MR) is 118 cm³/mol. The van der Waals surface area contributed by atoms with Crippen molar-refractivity contribution in [1.82, 2.24) is 4.90 Å². The molecule has 2 heterocycles. The van der Waals surface area contributed by atoms with E-state index in [1.807, 2.05) is 24.3 Å². The number of carbonyl (C=O) groups excluding carboxylic acids is 1. The first-order chi connectivity index (χ1) is 14.5. The Bertz CT molecular complexity index is 956. The van der Waals surface area contributed by atoms with Gasteiger partial charge in [-0.15, -0.1) is 0 Å². The lowest BCUT2D eigenvalue weighted by atomic mass is 9.98. The van der Waals surface area contributed by atoms with Crippen LogP contribution in [0.3, 0.4) is 0 Å². The predicted octanol–water partition coefficient (Wildman–Crippen LogP) is 5.46. The molecule has 0 bridgehead atoms. The van der Waals surface area contributed by atoms with Crippen LogP contribution >= 0.6 is 11.6 Å². The number of nitro benzene ring substituents is 1. The number of rotatable bonds is 4. The summed E-state index contributed by atoms with van der Waals surface area (Å²) in [7, 11) is 0. The third kappa shape index (κ3) is 4.01. The third-order valence-corrected chi connectivity index (χ3v) is 6.67. The number of halogens is 1. The molecule has 2 saturated heterocycles. The van der Waals surface area contributed by atoms with Gasteiger partial charge in [-0.1, -0.05) is 36.7 Å². The minimum Gasteiger partial charge on any atom is -0.366 e. The molecule has 1 amide bonds. The van der Waals surface area contributed by atoms with E-state index in [0.717, 1.165) is 44.3 Å². The molecule has 30 heavy (non-hydrogen) atoms. The topological polar surface area (TPSA) is 66.7 Å². The molecule has 0 spiro atoms. The summed E-state index contributed by atoms with van der Waals surface area (Å²) in [6.07, 6.45) is 3.76. The quantitative estimate of drug-likeness (QED) is 0.479. The van der Waals surface area contributed by atoms with E-state index >= 15 is 0 Å². The first kappa shape index (κ1) is 20.7. The molecule has 2 fully saturated rings. The maximum atomic E-state index is 13.3. The molecule has 0 aliphatic carbocycles. The Labute approximate surface area is 181 Å². The summed E-state index contributed by atoms with van der Waals surface area (Å²) in [5.74, 6) is 0.456. The van der Waals surface area contributed by atoms with Gasteiger partial charge in [0.05, 0.1) is 11.0 Å². The molecule has 0 unspecified atom stereocenters. The maximum absolute atomic E-state index is 13.3. The van der Waals surface area contributed by atoms with Gasteiger partial charge in [0.1, 0.15) is 5.69 Å². The van der Waals surface area contributed by atoms with Crippen molar-refractivity contribution in [2.24, 2.45) is 5.92 Å². The molecule has 6 nitrogen and oxygen atoms in total. The fourth-order valence-corrected chi connectivity index (χ4v) is 4.83. The van der Waals surface area contributed by atoms with Crippen molar-refractivity contribution in [3.63, 3.8) is 0 Å². The first-order valence-corrected chi connectivity index (χ1v) is 10.9. The van der Waals surface area contributed by atoms with Crippen LogP contribution in [0.5, 0.6) is 0 Å². The number of nitrogens with zero attached hydrogens (tertiary/aromatic N) is 3. The lowest BCUT2D eigenvalue weighted by Crippen LogP contribution is -2.33. The number of anilines is 1. The number of hydrogen-bond donors (Lipinski definition) is 0. The molecule has 158 valence electrons. The number of hydrogen-bond acceptors (Lipinski definition) is 4. The summed E-state index contributed by atoms with van der Waals surface area (Å²) in [6.45, 7) is 4.43. The van der Waals surface area contributed by atoms with E-state index < -0.39 is 0 Å². The second-order valence-electron chi connectivity index (χ2n) is 8.31. The number of carbonyl (C=O) groups is 1. The minimum absolute atomic E-state index is 0.00361. The summed E-state index contributed by atoms with van der Waals surface area (Å²) in [5.41, 5.74) is 1.89. The maximum Gasteiger partial charge on any atom is 0.293 e. The van der Waals surface area contributed by atoms with E-state index in [1.165, 1.54) is 6.07 Å². The zero-order chi connectivity index (χ0) is 21.3. The van der Waals surface area contributed by atoms with Crippen molar-refractivity contribution < 1.29 is 9.72 Å². The lowest BCUT2D eigenvalue weighted by Gasteiger charge is -2.32. The van der Waals surface area contributed by atoms with Gasteiger partial charge in [-0.3, -0.25) is 14.9 Å². The van der Waals surface area contributed by atoms with Crippen LogP contribution in [0.4, 0.5) is 11.4 Å². The van der Waals surface area contributed by atoms with E-state index in [1.54, 1.807) is 17.0 Å². The summed E-state index contributed by atoms with van der Waals surface area (Å²) < 4.78 is 0. The molecular formula is C23H26ClN3O3. The van der Waals surface area contributed by atoms with Gasteiger partial charge in [0.25, 0.3) is 11.6 Å². The molecule has 7 heteroatoms. The summed E-state index contributed by atoms with van der Waals surface area (Å²) >= 11 is 6.37. The van der Waals surface area contributed by atoms with Crippen LogP contribution in [0, 0.1) is 16.0 Å². The Balaban J connectivity index is 1.62. The Morgan fingerprint density at radius 1 is 1.10 bits per heavy atom. The van der Waals surface area contributed by atoms with E-state index in [9.17, 15) is 14.9 Å². The normalized spacial score (nSPS) is 19.9. The molecule has 0 N–H and O–H groups in total. The Morgan fingerprint density at radius 3 is 2.53 bits per heavy atom. The lowest BCUT2D eigenvalue weighted by molar-refractivity contribution is -0.384. The SMILES string of the molecule is CC1CCN(c2ccc(C(=O)N3CCC[C@@H]3c3ccccc3Cl)cc2[N+](=O)[O-])CC1. The Morgan fingerprint density at radius 2 is 1.83 bits per heavy atom. The van der Waals surface area contributed by atoms with Crippen molar-refractivity contribution in [2.45, 2.75) is 38.6 Å². The highest BCUT2D eigenvalue weighted by molar-refractivity contribution is 6.31. The number of likely N-dealkylation sites (tertiary alicyclic amines) is 1. The van der Waals surface area contributed by atoms with Crippen LogP contribution in [0.15, 0.2) is 42.5 Å². The van der Waals surface area contributed by atoms with Crippen LogP contribution in [0.2, 0.25) is 5.02 Å². The van der Waals surface area contributed by atoms with E-state index in [0.29, 0.717) is 28.7 Å². The second kappa shape index (κ2) is 8.64. The molecule has 1 atom stereocenters. The van der Waals surface area contributed by atoms with Crippen molar-refractivity contribution >= 4 is 28.9 Å². The largest absolute Gasteiger partial charge is 0.366 e. The summed E-state index contributed by atoms with van der Waals surface area (Å²) in [6, 6.07) is 12.4. The van der Waals surface area contributed by atoms with Gasteiger partial charge in [0.15, 0.2) is 0 Å². The van der Waals surface area contributed by atoms with Gasteiger partial charge in [-0.2, -0.15) is 0 Å². The highest BCUT2D eigenvalue weighted by Gasteiger charge is 2.33.